The van der Waals surface area contributed by atoms with Crippen LogP contribution in [0.4, 0.5) is 0 Å². The van der Waals surface area contributed by atoms with Gasteiger partial charge in [-0.25, -0.2) is 9.78 Å². The Hall–Kier alpha value is -2.21. The first kappa shape index (κ1) is 15.2. The number of methoxy groups -OCH3 is 1. The minimum Gasteiger partial charge on any atom is -0.465 e. The molecule has 1 aromatic carbocycles. The van der Waals surface area contributed by atoms with Gasteiger partial charge in [0.2, 0.25) is 0 Å². The molecule has 1 aromatic heterocycles. The third-order valence-electron chi connectivity index (χ3n) is 2.91. The van der Waals surface area contributed by atoms with Gasteiger partial charge < -0.3 is 10.1 Å². The molecule has 5 nitrogen and oxygen atoms in total. The van der Waals surface area contributed by atoms with Gasteiger partial charge in [-0.15, -0.1) is 11.3 Å². The minimum atomic E-state index is -0.392. The third kappa shape index (κ3) is 3.66. The van der Waals surface area contributed by atoms with Crippen LogP contribution >= 0.6 is 11.3 Å². The van der Waals surface area contributed by atoms with Gasteiger partial charge in [0, 0.05) is 6.54 Å². The van der Waals surface area contributed by atoms with E-state index in [1.165, 1.54) is 18.4 Å². The molecule has 21 heavy (non-hydrogen) atoms. The Morgan fingerprint density at radius 3 is 2.71 bits per heavy atom. The summed E-state index contributed by atoms with van der Waals surface area (Å²) in [7, 11) is 1.34. The Kier molecular flexibility index (Phi) is 4.70. The number of esters is 1. The highest BCUT2D eigenvalue weighted by Crippen LogP contribution is 2.17. The van der Waals surface area contributed by atoms with E-state index in [0.717, 1.165) is 16.3 Å². The summed E-state index contributed by atoms with van der Waals surface area (Å²) in [6.07, 6.45) is 0. The summed E-state index contributed by atoms with van der Waals surface area (Å²) in [5.41, 5.74) is 2.04. The number of benzene rings is 1. The van der Waals surface area contributed by atoms with Gasteiger partial charge in [-0.05, 0) is 31.5 Å². The number of nitrogens with one attached hydrogen (secondary N) is 1. The second kappa shape index (κ2) is 6.49. The van der Waals surface area contributed by atoms with E-state index < -0.39 is 5.97 Å². The maximum atomic E-state index is 12.1. The number of aromatic nitrogens is 1. The van der Waals surface area contributed by atoms with Crippen LogP contribution in [-0.2, 0) is 11.3 Å². The van der Waals surface area contributed by atoms with Crippen LogP contribution in [0.5, 0.6) is 0 Å². The zero-order valence-electron chi connectivity index (χ0n) is 12.1. The van der Waals surface area contributed by atoms with E-state index in [2.05, 4.69) is 15.0 Å². The average Bonchev–Trinajstić information content (AvgIpc) is 2.83. The van der Waals surface area contributed by atoms with E-state index in [0.29, 0.717) is 17.0 Å². The zero-order valence-corrected chi connectivity index (χ0v) is 12.9. The number of thiazole rings is 1. The Bertz CT molecular complexity index is 679. The summed E-state index contributed by atoms with van der Waals surface area (Å²) in [5, 5.41) is 3.70. The molecular weight excluding hydrogens is 288 g/mol. The van der Waals surface area contributed by atoms with Crippen LogP contribution in [0.3, 0.4) is 0 Å². The molecule has 0 saturated heterocycles. The van der Waals surface area contributed by atoms with Crippen LogP contribution in [-0.4, -0.2) is 24.0 Å². The number of hydrogen-bond acceptors (Lipinski definition) is 5. The first-order chi connectivity index (χ1) is 10.0. The Labute approximate surface area is 127 Å². The fourth-order valence-electron chi connectivity index (χ4n) is 1.93. The molecule has 0 saturated carbocycles. The van der Waals surface area contributed by atoms with Crippen LogP contribution in [0.1, 0.15) is 36.3 Å². The molecule has 0 radical (unpaired) electrons. The number of aryl methyl sites for hydroxylation is 2. The molecule has 0 fully saturated rings. The van der Waals surface area contributed by atoms with E-state index in [4.69, 9.17) is 0 Å². The van der Waals surface area contributed by atoms with Gasteiger partial charge in [-0.2, -0.15) is 0 Å². The lowest BCUT2D eigenvalue weighted by atomic mass is 10.1. The number of amides is 1. The van der Waals surface area contributed by atoms with Gasteiger partial charge in [0.05, 0.1) is 23.4 Å². The molecule has 0 spiro atoms. The van der Waals surface area contributed by atoms with E-state index >= 15 is 0 Å². The predicted octanol–water partition coefficient (Wildman–Crippen LogP) is 2.48. The fourth-order valence-corrected chi connectivity index (χ4v) is 2.77. The fraction of sp³-hybridized carbons (Fsp3) is 0.267. The number of carbonyl (C=O) groups is 2. The molecule has 2 aromatic rings. The molecular formula is C15H16N2O3S. The van der Waals surface area contributed by atoms with Crippen molar-refractivity contribution < 1.29 is 14.3 Å². The van der Waals surface area contributed by atoms with E-state index in [-0.39, 0.29) is 5.91 Å². The van der Waals surface area contributed by atoms with E-state index in [1.54, 1.807) is 18.2 Å². The number of nitrogens with zero attached hydrogens (tertiary/aromatic N) is 1. The summed E-state index contributed by atoms with van der Waals surface area (Å²) in [4.78, 5) is 28.4. The van der Waals surface area contributed by atoms with Crippen LogP contribution < -0.4 is 5.32 Å². The predicted molar refractivity (Wildman–Crippen MR) is 80.5 cm³/mol. The maximum absolute atomic E-state index is 12.1. The molecule has 1 heterocycles. The first-order valence-corrected chi connectivity index (χ1v) is 7.22. The lowest BCUT2D eigenvalue weighted by molar-refractivity contribution is 0.0600. The highest BCUT2D eigenvalue weighted by molar-refractivity contribution is 7.13. The van der Waals surface area contributed by atoms with Crippen molar-refractivity contribution in [1.82, 2.24) is 10.3 Å². The quantitative estimate of drug-likeness (QED) is 0.881. The zero-order chi connectivity index (χ0) is 15.4. The number of rotatable bonds is 4. The standard InChI is InChI=1S/C15H16N2O3S/c1-9-13(21-10(2)17-9)14(18)16-8-11-5-4-6-12(7-11)15(19)20-3/h4-7H,8H2,1-3H3,(H,16,18). The van der Waals surface area contributed by atoms with Crippen molar-refractivity contribution in [1.29, 1.82) is 0 Å². The second-order valence-electron chi connectivity index (χ2n) is 4.52. The Morgan fingerprint density at radius 1 is 1.33 bits per heavy atom. The van der Waals surface area contributed by atoms with E-state index in [9.17, 15) is 9.59 Å². The van der Waals surface area contributed by atoms with Gasteiger partial charge in [-0.3, -0.25) is 4.79 Å². The lowest BCUT2D eigenvalue weighted by Gasteiger charge is -2.06. The van der Waals surface area contributed by atoms with Gasteiger partial charge >= 0.3 is 5.97 Å². The molecule has 110 valence electrons. The van der Waals surface area contributed by atoms with Crippen LogP contribution in [0.2, 0.25) is 0 Å². The van der Waals surface area contributed by atoms with Gasteiger partial charge in [0.1, 0.15) is 4.88 Å². The van der Waals surface area contributed by atoms with Gasteiger partial charge in [-0.1, -0.05) is 12.1 Å². The van der Waals surface area contributed by atoms with Gasteiger partial charge in [0.25, 0.3) is 5.91 Å². The molecule has 0 aliphatic heterocycles. The molecule has 2 rings (SSSR count). The summed E-state index contributed by atoms with van der Waals surface area (Å²) < 4.78 is 4.67. The molecule has 0 unspecified atom stereocenters. The monoisotopic (exact) mass is 304 g/mol. The van der Waals surface area contributed by atoms with Crippen molar-refractivity contribution in [2.24, 2.45) is 0 Å². The van der Waals surface area contributed by atoms with Crippen LogP contribution in [0.25, 0.3) is 0 Å². The maximum Gasteiger partial charge on any atom is 0.337 e. The molecule has 6 heteroatoms. The topological polar surface area (TPSA) is 68.3 Å². The van der Waals surface area contributed by atoms with Gasteiger partial charge in [0.15, 0.2) is 0 Å². The van der Waals surface area contributed by atoms with Crippen molar-refractivity contribution in [2.75, 3.05) is 7.11 Å². The summed E-state index contributed by atoms with van der Waals surface area (Å²) in [5.74, 6) is -0.543. The molecule has 0 atom stereocenters. The van der Waals surface area contributed by atoms with Crippen molar-refractivity contribution in [3.05, 3.63) is 51.0 Å². The van der Waals surface area contributed by atoms with Crippen molar-refractivity contribution in [3.8, 4) is 0 Å². The molecule has 1 amide bonds. The highest BCUT2D eigenvalue weighted by Gasteiger charge is 2.13. The number of carbonyl (C=O) groups excluding carboxylic acids is 2. The molecule has 0 aliphatic rings. The molecule has 0 aliphatic carbocycles. The summed E-state index contributed by atoms with van der Waals surface area (Å²) in [6.45, 7) is 4.03. The first-order valence-electron chi connectivity index (χ1n) is 6.40. The highest BCUT2D eigenvalue weighted by atomic mass is 32.1. The van der Waals surface area contributed by atoms with Crippen LogP contribution in [0, 0.1) is 13.8 Å². The second-order valence-corrected chi connectivity index (χ2v) is 5.73. The van der Waals surface area contributed by atoms with E-state index in [1.807, 2.05) is 19.9 Å². The largest absolute Gasteiger partial charge is 0.465 e. The SMILES string of the molecule is COC(=O)c1cccc(CNC(=O)c2sc(C)nc2C)c1. The summed E-state index contributed by atoms with van der Waals surface area (Å²) in [6, 6.07) is 6.98. The molecule has 1 N–H and O–H groups in total. The Balaban J connectivity index is 2.04. The lowest BCUT2D eigenvalue weighted by Crippen LogP contribution is -2.22. The molecule has 0 bridgehead atoms. The van der Waals surface area contributed by atoms with Crippen LogP contribution in [0.15, 0.2) is 24.3 Å². The van der Waals surface area contributed by atoms with Crippen molar-refractivity contribution in [2.45, 2.75) is 20.4 Å². The third-order valence-corrected chi connectivity index (χ3v) is 3.98. The number of ether oxygens (including phenoxy) is 1. The van der Waals surface area contributed by atoms with Crippen molar-refractivity contribution in [3.63, 3.8) is 0 Å². The average molecular weight is 304 g/mol. The summed E-state index contributed by atoms with van der Waals surface area (Å²) >= 11 is 1.37. The normalized spacial score (nSPS) is 10.2. The Morgan fingerprint density at radius 2 is 2.10 bits per heavy atom. The smallest absolute Gasteiger partial charge is 0.337 e. The minimum absolute atomic E-state index is 0.151. The number of hydrogen-bond donors (Lipinski definition) is 1. The van der Waals surface area contributed by atoms with Crippen molar-refractivity contribution >= 4 is 23.2 Å².